The third kappa shape index (κ3) is 4.23. The maximum atomic E-state index is 12.4. The minimum atomic E-state index is -4.36. The summed E-state index contributed by atoms with van der Waals surface area (Å²) in [6.07, 6.45) is -4.36. The van der Waals surface area contributed by atoms with Crippen molar-refractivity contribution in [1.82, 2.24) is 5.32 Å². The van der Waals surface area contributed by atoms with Crippen LogP contribution in [-0.4, -0.2) is 11.9 Å². The molecule has 0 saturated carbocycles. The summed E-state index contributed by atoms with van der Waals surface area (Å²) >= 11 is 0. The van der Waals surface area contributed by atoms with Crippen LogP contribution in [0.5, 0.6) is 0 Å². The van der Waals surface area contributed by atoms with Crippen molar-refractivity contribution in [3.63, 3.8) is 0 Å². The second-order valence-corrected chi connectivity index (χ2v) is 5.12. The van der Waals surface area contributed by atoms with Crippen LogP contribution >= 0.6 is 0 Å². The van der Waals surface area contributed by atoms with Gasteiger partial charge in [0, 0.05) is 0 Å². The van der Waals surface area contributed by atoms with Gasteiger partial charge in [0.05, 0.1) is 17.6 Å². The van der Waals surface area contributed by atoms with Crippen LogP contribution in [-0.2, 0) is 11.0 Å². The molecule has 0 radical (unpaired) electrons. The van der Waals surface area contributed by atoms with Gasteiger partial charge in [-0.15, -0.1) is 0 Å². The molecule has 0 aliphatic rings. The summed E-state index contributed by atoms with van der Waals surface area (Å²) < 4.78 is 37.3. The van der Waals surface area contributed by atoms with Crippen LogP contribution in [0.2, 0.25) is 0 Å². The highest BCUT2D eigenvalue weighted by Gasteiger charge is 2.30. The summed E-state index contributed by atoms with van der Waals surface area (Å²) in [6.45, 7) is 5.35. The van der Waals surface area contributed by atoms with Crippen molar-refractivity contribution < 1.29 is 18.0 Å². The van der Waals surface area contributed by atoms with Gasteiger partial charge in [-0.05, 0) is 30.5 Å². The lowest BCUT2D eigenvalue weighted by Gasteiger charge is -2.20. The molecule has 0 saturated heterocycles. The van der Waals surface area contributed by atoms with Gasteiger partial charge in [0.15, 0.2) is 0 Å². The maximum Gasteiger partial charge on any atom is 0.416 e. The lowest BCUT2D eigenvalue weighted by molar-refractivity contribution is -0.137. The zero-order valence-electron chi connectivity index (χ0n) is 11.7. The minimum absolute atomic E-state index is 0.00481. The molecule has 6 heteroatoms. The molecule has 1 aromatic carbocycles. The molecule has 1 amide bonds. The topological polar surface area (TPSA) is 55.1 Å². The molecule has 1 rings (SSSR count). The first-order valence-corrected chi connectivity index (χ1v) is 6.36. The molecule has 3 N–H and O–H groups in total. The quantitative estimate of drug-likeness (QED) is 0.895. The molecule has 20 heavy (non-hydrogen) atoms. The Labute approximate surface area is 116 Å². The van der Waals surface area contributed by atoms with Gasteiger partial charge in [-0.3, -0.25) is 4.79 Å². The van der Waals surface area contributed by atoms with Crippen LogP contribution in [0.4, 0.5) is 13.2 Å². The number of hydrogen-bond donors (Lipinski definition) is 2. The van der Waals surface area contributed by atoms with E-state index in [1.807, 2.05) is 13.8 Å². The Kier molecular flexibility index (Phi) is 5.16. The van der Waals surface area contributed by atoms with Crippen molar-refractivity contribution in [2.45, 2.75) is 39.0 Å². The minimum Gasteiger partial charge on any atom is -0.348 e. The average molecular weight is 288 g/mol. The zero-order chi connectivity index (χ0) is 15.5. The van der Waals surface area contributed by atoms with E-state index in [1.165, 1.54) is 12.1 Å². The number of carbonyl (C=O) groups excluding carboxylic acids is 1. The lowest BCUT2D eigenvalue weighted by atomic mass is 10.0. The van der Waals surface area contributed by atoms with Crippen molar-refractivity contribution in [2.24, 2.45) is 11.7 Å². The van der Waals surface area contributed by atoms with Crippen LogP contribution < -0.4 is 11.1 Å². The molecule has 3 nitrogen and oxygen atoms in total. The molecule has 0 fully saturated rings. The molecule has 0 heterocycles. The van der Waals surface area contributed by atoms with Crippen LogP contribution in [0.15, 0.2) is 24.3 Å². The monoisotopic (exact) mass is 288 g/mol. The normalized spacial score (nSPS) is 15.0. The SMILES string of the molecule is CC(NC(=O)[C@@H](N)C(C)C)c1ccc(C(F)(F)F)cc1. The summed E-state index contributed by atoms with van der Waals surface area (Å²) in [5, 5.41) is 2.69. The van der Waals surface area contributed by atoms with Gasteiger partial charge in [0.2, 0.25) is 5.91 Å². The first-order chi connectivity index (χ1) is 9.12. The highest BCUT2D eigenvalue weighted by Crippen LogP contribution is 2.29. The molecule has 112 valence electrons. The van der Waals surface area contributed by atoms with Gasteiger partial charge < -0.3 is 11.1 Å². The van der Waals surface area contributed by atoms with E-state index in [0.717, 1.165) is 12.1 Å². The van der Waals surface area contributed by atoms with E-state index >= 15 is 0 Å². The largest absolute Gasteiger partial charge is 0.416 e. The third-order valence-electron chi connectivity index (χ3n) is 3.12. The van der Waals surface area contributed by atoms with E-state index in [9.17, 15) is 18.0 Å². The number of nitrogens with two attached hydrogens (primary N) is 1. The number of rotatable bonds is 4. The second kappa shape index (κ2) is 6.26. The lowest BCUT2D eigenvalue weighted by Crippen LogP contribution is -2.44. The number of benzene rings is 1. The average Bonchev–Trinajstić information content (AvgIpc) is 2.36. The second-order valence-electron chi connectivity index (χ2n) is 5.12. The summed E-state index contributed by atoms with van der Waals surface area (Å²) in [7, 11) is 0. The number of carbonyl (C=O) groups is 1. The van der Waals surface area contributed by atoms with Crippen molar-refractivity contribution in [1.29, 1.82) is 0 Å². The van der Waals surface area contributed by atoms with Crippen molar-refractivity contribution >= 4 is 5.91 Å². The third-order valence-corrected chi connectivity index (χ3v) is 3.12. The summed E-state index contributed by atoms with van der Waals surface area (Å²) in [6, 6.07) is 3.69. The standard InChI is InChI=1S/C14H19F3N2O/c1-8(2)12(18)13(20)19-9(3)10-4-6-11(7-5-10)14(15,16)17/h4-9,12H,18H2,1-3H3,(H,19,20)/t9?,12-/m0/s1. The molecule has 0 aliphatic heterocycles. The van der Waals surface area contributed by atoms with Crippen molar-refractivity contribution in [3.8, 4) is 0 Å². The van der Waals surface area contributed by atoms with E-state index in [1.54, 1.807) is 6.92 Å². The number of hydrogen-bond acceptors (Lipinski definition) is 2. The van der Waals surface area contributed by atoms with Crippen LogP contribution in [0, 0.1) is 5.92 Å². The van der Waals surface area contributed by atoms with Crippen LogP contribution in [0.3, 0.4) is 0 Å². The molecule has 1 aromatic rings. The number of amides is 1. The molecular weight excluding hydrogens is 269 g/mol. The maximum absolute atomic E-state index is 12.4. The van der Waals surface area contributed by atoms with Gasteiger partial charge in [-0.25, -0.2) is 0 Å². The molecule has 1 unspecified atom stereocenters. The Balaban J connectivity index is 2.74. The Morgan fingerprint density at radius 1 is 1.15 bits per heavy atom. The Bertz CT molecular complexity index is 454. The highest BCUT2D eigenvalue weighted by molar-refractivity contribution is 5.82. The summed E-state index contributed by atoms with van der Waals surface area (Å²) in [5.41, 5.74) is 5.60. The number of alkyl halides is 3. The van der Waals surface area contributed by atoms with Gasteiger partial charge >= 0.3 is 6.18 Å². The fourth-order valence-electron chi connectivity index (χ4n) is 1.66. The van der Waals surface area contributed by atoms with E-state index in [0.29, 0.717) is 5.56 Å². The molecule has 0 spiro atoms. The van der Waals surface area contributed by atoms with Gasteiger partial charge in [-0.2, -0.15) is 13.2 Å². The summed E-state index contributed by atoms with van der Waals surface area (Å²) in [5.74, 6) is -0.317. The van der Waals surface area contributed by atoms with Crippen molar-refractivity contribution in [3.05, 3.63) is 35.4 Å². The Hall–Kier alpha value is -1.56. The molecule has 0 bridgehead atoms. The zero-order valence-corrected chi connectivity index (χ0v) is 11.7. The summed E-state index contributed by atoms with van der Waals surface area (Å²) in [4.78, 5) is 11.8. The van der Waals surface area contributed by atoms with E-state index in [2.05, 4.69) is 5.32 Å². The number of nitrogens with one attached hydrogen (secondary N) is 1. The fourth-order valence-corrected chi connectivity index (χ4v) is 1.66. The van der Waals surface area contributed by atoms with Crippen molar-refractivity contribution in [2.75, 3.05) is 0 Å². The number of halogens is 3. The first kappa shape index (κ1) is 16.5. The smallest absolute Gasteiger partial charge is 0.348 e. The van der Waals surface area contributed by atoms with E-state index in [-0.39, 0.29) is 11.8 Å². The Morgan fingerprint density at radius 2 is 1.65 bits per heavy atom. The van der Waals surface area contributed by atoms with E-state index in [4.69, 9.17) is 5.73 Å². The van der Waals surface area contributed by atoms with Crippen LogP contribution in [0.1, 0.15) is 37.9 Å². The molecule has 2 atom stereocenters. The van der Waals surface area contributed by atoms with Gasteiger partial charge in [0.1, 0.15) is 0 Å². The molecule has 0 aliphatic carbocycles. The highest BCUT2D eigenvalue weighted by atomic mass is 19.4. The Morgan fingerprint density at radius 3 is 2.05 bits per heavy atom. The first-order valence-electron chi connectivity index (χ1n) is 6.36. The van der Waals surface area contributed by atoms with E-state index < -0.39 is 23.8 Å². The molecular formula is C14H19F3N2O. The van der Waals surface area contributed by atoms with Gasteiger partial charge in [-0.1, -0.05) is 26.0 Å². The van der Waals surface area contributed by atoms with Crippen LogP contribution in [0.25, 0.3) is 0 Å². The molecule has 0 aromatic heterocycles. The van der Waals surface area contributed by atoms with Gasteiger partial charge in [0.25, 0.3) is 0 Å². The predicted octanol–water partition coefficient (Wildman–Crippen LogP) is 2.87. The fraction of sp³-hybridized carbons (Fsp3) is 0.500. The predicted molar refractivity (Wildman–Crippen MR) is 70.8 cm³/mol.